The zero-order valence-electron chi connectivity index (χ0n) is 13.2. The summed E-state index contributed by atoms with van der Waals surface area (Å²) in [6.45, 7) is 5.71. The van der Waals surface area contributed by atoms with Gasteiger partial charge in [-0.05, 0) is 33.1 Å². The molecule has 0 saturated heterocycles. The van der Waals surface area contributed by atoms with E-state index in [1.54, 1.807) is 11.3 Å². The number of carbonyl (C=O) groups is 1. The van der Waals surface area contributed by atoms with Crippen LogP contribution < -0.4 is 0 Å². The van der Waals surface area contributed by atoms with Crippen LogP contribution >= 0.6 is 11.3 Å². The molecule has 2 aromatic rings. The Morgan fingerprint density at radius 2 is 2.00 bits per heavy atom. The number of hydrogen-bond donors (Lipinski definition) is 0. The molecule has 0 radical (unpaired) electrons. The summed E-state index contributed by atoms with van der Waals surface area (Å²) in [6, 6.07) is 10.3. The van der Waals surface area contributed by atoms with E-state index >= 15 is 0 Å². The smallest absolute Gasteiger partial charge is 0.226 e. The average Bonchev–Trinajstić information content (AvgIpc) is 2.99. The molecular weight excluding hydrogens is 292 g/mol. The molecule has 0 fully saturated rings. The number of nitrogens with zero attached hydrogens (tertiary/aromatic N) is 2. The lowest BCUT2D eigenvalue weighted by Gasteiger charge is -2.27. The van der Waals surface area contributed by atoms with Crippen molar-refractivity contribution in [2.75, 3.05) is 13.1 Å². The van der Waals surface area contributed by atoms with Crippen molar-refractivity contribution in [3.63, 3.8) is 0 Å². The Hall–Kier alpha value is -1.68. The van der Waals surface area contributed by atoms with Crippen molar-refractivity contribution in [3.05, 3.63) is 40.9 Å². The van der Waals surface area contributed by atoms with Crippen molar-refractivity contribution < 1.29 is 4.79 Å². The van der Waals surface area contributed by atoms with E-state index in [4.69, 9.17) is 4.98 Å². The third kappa shape index (κ3) is 2.93. The molecule has 0 aliphatic heterocycles. The Bertz CT molecular complexity index is 646. The molecule has 1 aliphatic rings. The first-order chi connectivity index (χ1) is 10.7. The SMILES string of the molecule is CCN(CC)C(=O)C1CCc2nc(-c3ccccc3)sc2C1. The van der Waals surface area contributed by atoms with Crippen molar-refractivity contribution in [2.45, 2.75) is 33.1 Å². The highest BCUT2D eigenvalue weighted by Gasteiger charge is 2.29. The van der Waals surface area contributed by atoms with Gasteiger partial charge in [-0.15, -0.1) is 11.3 Å². The predicted molar refractivity (Wildman–Crippen MR) is 91.0 cm³/mol. The fourth-order valence-corrected chi connectivity index (χ4v) is 4.28. The lowest BCUT2D eigenvalue weighted by Crippen LogP contribution is -2.38. The van der Waals surface area contributed by atoms with E-state index in [-0.39, 0.29) is 5.92 Å². The first kappa shape index (κ1) is 15.2. The fraction of sp³-hybridized carbons (Fsp3) is 0.444. The third-order valence-electron chi connectivity index (χ3n) is 4.38. The number of aromatic nitrogens is 1. The second-order valence-electron chi connectivity index (χ2n) is 5.71. The summed E-state index contributed by atoms with van der Waals surface area (Å²) in [7, 11) is 0. The van der Waals surface area contributed by atoms with Crippen molar-refractivity contribution >= 4 is 17.2 Å². The number of rotatable bonds is 4. The Labute approximate surface area is 136 Å². The van der Waals surface area contributed by atoms with Crippen LogP contribution in [0.3, 0.4) is 0 Å². The first-order valence-corrected chi connectivity index (χ1v) is 8.87. The van der Waals surface area contributed by atoms with E-state index in [9.17, 15) is 4.79 Å². The average molecular weight is 314 g/mol. The number of amides is 1. The van der Waals surface area contributed by atoms with Crippen molar-refractivity contribution in [1.82, 2.24) is 9.88 Å². The summed E-state index contributed by atoms with van der Waals surface area (Å²) >= 11 is 1.75. The predicted octanol–water partition coefficient (Wildman–Crippen LogP) is 3.78. The molecule has 1 aliphatic carbocycles. The molecule has 1 atom stereocenters. The van der Waals surface area contributed by atoms with E-state index in [2.05, 4.69) is 26.0 Å². The summed E-state index contributed by atoms with van der Waals surface area (Å²) < 4.78 is 0. The maximum Gasteiger partial charge on any atom is 0.226 e. The van der Waals surface area contributed by atoms with Gasteiger partial charge in [0.2, 0.25) is 5.91 Å². The molecule has 3 rings (SSSR count). The summed E-state index contributed by atoms with van der Waals surface area (Å²) in [5.41, 5.74) is 2.38. The number of aryl methyl sites for hydroxylation is 1. The monoisotopic (exact) mass is 314 g/mol. The van der Waals surface area contributed by atoms with Crippen LogP contribution in [0.1, 0.15) is 30.8 Å². The van der Waals surface area contributed by atoms with Crippen molar-refractivity contribution in [1.29, 1.82) is 0 Å². The second-order valence-corrected chi connectivity index (χ2v) is 6.79. The molecule has 22 heavy (non-hydrogen) atoms. The third-order valence-corrected chi connectivity index (χ3v) is 5.55. The van der Waals surface area contributed by atoms with Gasteiger partial charge in [0.1, 0.15) is 5.01 Å². The molecule has 3 nitrogen and oxygen atoms in total. The van der Waals surface area contributed by atoms with Crippen LogP contribution in [0.2, 0.25) is 0 Å². The molecule has 0 N–H and O–H groups in total. The first-order valence-electron chi connectivity index (χ1n) is 8.05. The highest BCUT2D eigenvalue weighted by atomic mass is 32.1. The summed E-state index contributed by atoms with van der Waals surface area (Å²) in [4.78, 5) is 20.6. The maximum atomic E-state index is 12.6. The van der Waals surface area contributed by atoms with Crippen LogP contribution in [0.25, 0.3) is 10.6 Å². The Morgan fingerprint density at radius 3 is 2.68 bits per heavy atom. The zero-order chi connectivity index (χ0) is 15.5. The van der Waals surface area contributed by atoms with Crippen LogP contribution in [0, 0.1) is 5.92 Å². The molecular formula is C18H22N2OS. The minimum Gasteiger partial charge on any atom is -0.343 e. The molecule has 1 amide bonds. The van der Waals surface area contributed by atoms with Gasteiger partial charge in [0.25, 0.3) is 0 Å². The molecule has 1 aromatic carbocycles. The van der Waals surface area contributed by atoms with Gasteiger partial charge < -0.3 is 4.90 Å². The van der Waals surface area contributed by atoms with Gasteiger partial charge in [-0.2, -0.15) is 0 Å². The lowest BCUT2D eigenvalue weighted by atomic mass is 9.90. The molecule has 0 saturated carbocycles. The van der Waals surface area contributed by atoms with Crippen LogP contribution in [0.15, 0.2) is 30.3 Å². The summed E-state index contributed by atoms with van der Waals surface area (Å²) in [5.74, 6) is 0.446. The topological polar surface area (TPSA) is 33.2 Å². The van der Waals surface area contributed by atoms with Gasteiger partial charge in [-0.3, -0.25) is 4.79 Å². The van der Waals surface area contributed by atoms with E-state index in [1.165, 1.54) is 16.1 Å². The van der Waals surface area contributed by atoms with E-state index in [1.807, 2.05) is 23.1 Å². The molecule has 0 bridgehead atoms. The van der Waals surface area contributed by atoms with Crippen LogP contribution in [0.4, 0.5) is 0 Å². The molecule has 0 spiro atoms. The lowest BCUT2D eigenvalue weighted by molar-refractivity contribution is -0.135. The molecule has 1 unspecified atom stereocenters. The van der Waals surface area contributed by atoms with E-state index < -0.39 is 0 Å². The largest absolute Gasteiger partial charge is 0.343 e. The van der Waals surface area contributed by atoms with E-state index in [0.29, 0.717) is 5.91 Å². The normalized spacial score (nSPS) is 17.1. The fourth-order valence-electron chi connectivity index (χ4n) is 3.08. The van der Waals surface area contributed by atoms with Crippen molar-refractivity contribution in [3.8, 4) is 10.6 Å². The van der Waals surface area contributed by atoms with Crippen LogP contribution in [-0.4, -0.2) is 28.9 Å². The molecule has 116 valence electrons. The summed E-state index contributed by atoms with van der Waals surface area (Å²) in [5, 5.41) is 1.08. The number of thiazole rings is 1. The quantitative estimate of drug-likeness (QED) is 0.860. The van der Waals surface area contributed by atoms with Gasteiger partial charge in [0, 0.05) is 29.4 Å². The number of benzene rings is 1. The zero-order valence-corrected chi connectivity index (χ0v) is 14.0. The maximum absolute atomic E-state index is 12.6. The molecule has 1 heterocycles. The number of hydrogen-bond acceptors (Lipinski definition) is 3. The Balaban J connectivity index is 1.79. The summed E-state index contributed by atoms with van der Waals surface area (Å²) in [6.07, 6.45) is 2.71. The van der Waals surface area contributed by atoms with Crippen molar-refractivity contribution in [2.24, 2.45) is 5.92 Å². The number of carbonyl (C=O) groups excluding carboxylic acids is 1. The number of fused-ring (bicyclic) bond motifs is 1. The Morgan fingerprint density at radius 1 is 1.27 bits per heavy atom. The molecule has 1 aromatic heterocycles. The van der Waals surface area contributed by atoms with Gasteiger partial charge in [0.05, 0.1) is 5.69 Å². The standard InChI is InChI=1S/C18H22N2OS/c1-3-20(4-2)18(21)14-10-11-15-16(12-14)22-17(19-15)13-8-6-5-7-9-13/h5-9,14H,3-4,10-12H2,1-2H3. The van der Waals surface area contributed by atoms with Crippen LogP contribution in [0.5, 0.6) is 0 Å². The van der Waals surface area contributed by atoms with E-state index in [0.717, 1.165) is 37.4 Å². The minimum absolute atomic E-state index is 0.136. The Kier molecular flexibility index (Phi) is 4.57. The molecule has 4 heteroatoms. The highest BCUT2D eigenvalue weighted by molar-refractivity contribution is 7.15. The van der Waals surface area contributed by atoms with Gasteiger partial charge >= 0.3 is 0 Å². The van der Waals surface area contributed by atoms with Gasteiger partial charge in [-0.1, -0.05) is 30.3 Å². The highest BCUT2D eigenvalue weighted by Crippen LogP contribution is 2.35. The van der Waals surface area contributed by atoms with Gasteiger partial charge in [0.15, 0.2) is 0 Å². The van der Waals surface area contributed by atoms with Gasteiger partial charge in [-0.25, -0.2) is 4.98 Å². The minimum atomic E-state index is 0.136. The van der Waals surface area contributed by atoms with Crippen LogP contribution in [-0.2, 0) is 17.6 Å². The second kappa shape index (κ2) is 6.61.